The van der Waals surface area contributed by atoms with Crippen molar-refractivity contribution in [2.24, 2.45) is 0 Å². The number of rotatable bonds is 2. The molecule has 0 radical (unpaired) electrons. The summed E-state index contributed by atoms with van der Waals surface area (Å²) >= 11 is 1.35. The number of hydrogen-bond donors (Lipinski definition) is 0. The number of ketones is 1. The summed E-state index contributed by atoms with van der Waals surface area (Å²) in [5, 5.41) is 0.517. The van der Waals surface area contributed by atoms with Gasteiger partial charge in [0.2, 0.25) is 11.5 Å². The number of thiazole rings is 1. The van der Waals surface area contributed by atoms with Crippen molar-refractivity contribution in [3.8, 4) is 17.1 Å². The Balaban J connectivity index is 1.52. The molecule has 1 aliphatic heterocycles. The molecule has 0 atom stereocenters. The molecular formula is C21H11NO4S. The van der Waals surface area contributed by atoms with Gasteiger partial charge in [0.1, 0.15) is 22.1 Å². The largest absolute Gasteiger partial charge is 0.437 e. The Morgan fingerprint density at radius 2 is 1.74 bits per heavy atom. The Morgan fingerprint density at radius 1 is 0.963 bits per heavy atom. The molecule has 0 N–H and O–H groups in total. The average Bonchev–Trinajstić information content (AvgIpc) is 3.24. The predicted molar refractivity (Wildman–Crippen MR) is 102 cm³/mol. The van der Waals surface area contributed by atoms with E-state index in [1.807, 2.05) is 36.4 Å². The van der Waals surface area contributed by atoms with Crippen LogP contribution in [-0.2, 0) is 4.79 Å². The van der Waals surface area contributed by atoms with Gasteiger partial charge in [0, 0.05) is 11.6 Å². The molecule has 130 valence electrons. The van der Waals surface area contributed by atoms with Crippen LogP contribution in [0.1, 0.15) is 15.4 Å². The van der Waals surface area contributed by atoms with Gasteiger partial charge in [-0.15, -0.1) is 11.3 Å². The fourth-order valence-electron chi connectivity index (χ4n) is 2.94. The fraction of sp³-hybridized carbons (Fsp3) is 0. The first kappa shape index (κ1) is 15.7. The van der Waals surface area contributed by atoms with Crippen LogP contribution in [0, 0.1) is 0 Å². The van der Waals surface area contributed by atoms with Crippen molar-refractivity contribution >= 4 is 39.6 Å². The van der Waals surface area contributed by atoms with Crippen LogP contribution in [0.25, 0.3) is 27.8 Å². The normalized spacial score (nSPS) is 15.2. The van der Waals surface area contributed by atoms with E-state index in [0.29, 0.717) is 16.3 Å². The second-order valence-electron chi connectivity index (χ2n) is 5.97. The lowest BCUT2D eigenvalue weighted by molar-refractivity contribution is -0.130. The second-order valence-corrected chi connectivity index (χ2v) is 7.03. The topological polar surface area (TPSA) is 69.4 Å². The van der Waals surface area contributed by atoms with Crippen LogP contribution in [0.5, 0.6) is 5.75 Å². The van der Waals surface area contributed by atoms with Gasteiger partial charge in [-0.2, -0.15) is 0 Å². The van der Waals surface area contributed by atoms with Crippen molar-refractivity contribution in [2.75, 3.05) is 0 Å². The summed E-state index contributed by atoms with van der Waals surface area (Å²) in [7, 11) is 0. The van der Waals surface area contributed by atoms with E-state index in [4.69, 9.17) is 9.15 Å². The van der Waals surface area contributed by atoms with E-state index in [2.05, 4.69) is 4.98 Å². The third-order valence-corrected chi connectivity index (χ3v) is 5.16. The number of esters is 1. The lowest BCUT2D eigenvalue weighted by atomic mass is 10.00. The lowest BCUT2D eigenvalue weighted by Crippen LogP contribution is -2.24. The third-order valence-electron chi connectivity index (χ3n) is 4.23. The van der Waals surface area contributed by atoms with Crippen LogP contribution in [0.4, 0.5) is 0 Å². The average molecular weight is 373 g/mol. The van der Waals surface area contributed by atoms with Gasteiger partial charge in [-0.1, -0.05) is 42.5 Å². The highest BCUT2D eigenvalue weighted by molar-refractivity contribution is 7.19. The minimum Gasteiger partial charge on any atom is -0.437 e. The minimum atomic E-state index is -0.671. The highest BCUT2D eigenvalue weighted by Gasteiger charge is 2.30. The van der Waals surface area contributed by atoms with Gasteiger partial charge in [-0.3, -0.25) is 4.79 Å². The van der Waals surface area contributed by atoms with Crippen molar-refractivity contribution in [1.29, 1.82) is 0 Å². The zero-order chi connectivity index (χ0) is 18.4. The van der Waals surface area contributed by atoms with Crippen molar-refractivity contribution in [1.82, 2.24) is 4.98 Å². The maximum atomic E-state index is 12.6. The summed E-state index contributed by atoms with van der Waals surface area (Å²) in [5.74, 6) is -0.0233. The van der Waals surface area contributed by atoms with E-state index in [1.165, 1.54) is 17.4 Å². The summed E-state index contributed by atoms with van der Waals surface area (Å²) in [6, 6.07) is 18.3. The molecule has 2 aromatic heterocycles. The Labute approximate surface area is 157 Å². The van der Waals surface area contributed by atoms with Gasteiger partial charge in [0.25, 0.3) is 0 Å². The van der Waals surface area contributed by atoms with Crippen LogP contribution in [0.15, 0.2) is 70.7 Å². The lowest BCUT2D eigenvalue weighted by Gasteiger charge is -2.15. The molecule has 1 aliphatic rings. The first-order valence-electron chi connectivity index (χ1n) is 8.22. The molecule has 0 saturated carbocycles. The van der Waals surface area contributed by atoms with Crippen molar-refractivity contribution < 1.29 is 18.7 Å². The van der Waals surface area contributed by atoms with E-state index in [1.54, 1.807) is 24.3 Å². The van der Waals surface area contributed by atoms with E-state index < -0.39 is 5.97 Å². The molecule has 27 heavy (non-hydrogen) atoms. The van der Waals surface area contributed by atoms with Crippen LogP contribution in [-0.4, -0.2) is 16.7 Å². The Morgan fingerprint density at radius 3 is 2.56 bits per heavy atom. The Hall–Kier alpha value is -3.51. The van der Waals surface area contributed by atoms with Crippen molar-refractivity contribution in [2.45, 2.75) is 0 Å². The van der Waals surface area contributed by atoms with E-state index >= 15 is 0 Å². The molecule has 0 fully saturated rings. The van der Waals surface area contributed by atoms with Gasteiger partial charge in [-0.25, -0.2) is 9.78 Å². The number of carbonyl (C=O) groups excluding carboxylic acids is 2. The smallest absolute Gasteiger partial charge is 0.347 e. The van der Waals surface area contributed by atoms with E-state index in [-0.39, 0.29) is 17.1 Å². The summed E-state index contributed by atoms with van der Waals surface area (Å²) < 4.78 is 11.9. The standard InChI is InChI=1S/C21H11NO4S/c23-19-13-8-4-5-9-15(13)26-21(24)14(19)10-18-22-20-17(27-18)11-16(25-20)12-6-2-1-3-7-12/h1-11H/b14-10-. The fourth-order valence-corrected chi connectivity index (χ4v) is 3.81. The summed E-state index contributed by atoms with van der Waals surface area (Å²) in [5.41, 5.74) is 1.77. The summed E-state index contributed by atoms with van der Waals surface area (Å²) in [4.78, 5) is 29.2. The van der Waals surface area contributed by atoms with Crippen molar-refractivity contribution in [3.63, 3.8) is 0 Å². The van der Waals surface area contributed by atoms with Gasteiger partial charge in [0.15, 0.2) is 0 Å². The van der Waals surface area contributed by atoms with Gasteiger partial charge >= 0.3 is 5.97 Å². The second kappa shape index (κ2) is 6.03. The number of hydrogen-bond acceptors (Lipinski definition) is 6. The van der Waals surface area contributed by atoms with Gasteiger partial charge in [0.05, 0.1) is 10.3 Å². The number of para-hydroxylation sites is 1. The zero-order valence-electron chi connectivity index (χ0n) is 13.8. The molecule has 0 bridgehead atoms. The van der Waals surface area contributed by atoms with Gasteiger partial charge in [-0.05, 0) is 18.2 Å². The Bertz CT molecular complexity index is 1200. The highest BCUT2D eigenvalue weighted by Crippen LogP contribution is 2.33. The quantitative estimate of drug-likeness (QED) is 0.220. The maximum absolute atomic E-state index is 12.6. The zero-order valence-corrected chi connectivity index (χ0v) is 14.7. The monoisotopic (exact) mass is 373 g/mol. The number of fused-ring (bicyclic) bond motifs is 2. The number of furan rings is 1. The molecule has 0 unspecified atom stereocenters. The van der Waals surface area contributed by atoms with E-state index in [0.717, 1.165) is 16.0 Å². The molecule has 5 nitrogen and oxygen atoms in total. The summed E-state index contributed by atoms with van der Waals surface area (Å²) in [6.07, 6.45) is 1.46. The number of carbonyl (C=O) groups is 2. The molecule has 4 aromatic rings. The van der Waals surface area contributed by atoms with Crippen LogP contribution < -0.4 is 4.74 Å². The summed E-state index contributed by atoms with van der Waals surface area (Å²) in [6.45, 7) is 0. The number of benzene rings is 2. The predicted octanol–water partition coefficient (Wildman–Crippen LogP) is 4.74. The van der Waals surface area contributed by atoms with Gasteiger partial charge < -0.3 is 9.15 Å². The molecule has 5 rings (SSSR count). The van der Waals surface area contributed by atoms with Crippen molar-refractivity contribution in [3.05, 3.63) is 76.8 Å². The first-order valence-corrected chi connectivity index (χ1v) is 9.04. The SMILES string of the molecule is O=C1Oc2ccccc2C(=O)/C1=C/c1nc2oc(-c3ccccc3)cc2s1. The molecule has 0 saturated heterocycles. The first-order chi connectivity index (χ1) is 13.2. The number of nitrogens with zero attached hydrogens (tertiary/aromatic N) is 1. The Kier molecular flexibility index (Phi) is 3.51. The maximum Gasteiger partial charge on any atom is 0.347 e. The third kappa shape index (κ3) is 2.67. The molecule has 0 amide bonds. The van der Waals surface area contributed by atoms with Crippen LogP contribution in [0.2, 0.25) is 0 Å². The molecule has 6 heteroatoms. The molecule has 0 aliphatic carbocycles. The van der Waals surface area contributed by atoms with Crippen LogP contribution >= 0.6 is 11.3 Å². The number of aromatic nitrogens is 1. The van der Waals surface area contributed by atoms with Crippen LogP contribution in [0.3, 0.4) is 0 Å². The number of ether oxygens (including phenoxy) is 1. The number of Topliss-reactive ketones (excluding diaryl/α,β-unsaturated/α-hetero) is 1. The molecule has 2 aromatic carbocycles. The highest BCUT2D eigenvalue weighted by atomic mass is 32.1. The molecular weight excluding hydrogens is 362 g/mol. The van der Waals surface area contributed by atoms with E-state index in [9.17, 15) is 9.59 Å². The molecule has 0 spiro atoms. The molecule has 3 heterocycles. The minimum absolute atomic E-state index is 0.0339.